The molecule has 2 aliphatic carbocycles. The van der Waals surface area contributed by atoms with Crippen LogP contribution in [0.15, 0.2) is 0 Å². The van der Waals surface area contributed by atoms with Crippen LogP contribution in [0.25, 0.3) is 0 Å². The monoisotopic (exact) mass is 332 g/mol. The molecule has 0 unspecified atom stereocenters. The van der Waals surface area contributed by atoms with E-state index in [1.807, 2.05) is 0 Å². The van der Waals surface area contributed by atoms with Crippen molar-refractivity contribution >= 4 is 7.82 Å². The van der Waals surface area contributed by atoms with Gasteiger partial charge in [0.2, 0.25) is 0 Å². The van der Waals surface area contributed by atoms with E-state index >= 15 is 0 Å². The molecule has 0 heterocycles. The molecule has 0 radical (unpaired) electrons. The summed E-state index contributed by atoms with van der Waals surface area (Å²) in [6, 6.07) is 0. The van der Waals surface area contributed by atoms with Crippen molar-refractivity contribution < 1.29 is 18.1 Å². The molecule has 22 heavy (non-hydrogen) atoms. The normalized spacial score (nSPS) is 22.0. The van der Waals surface area contributed by atoms with Crippen LogP contribution in [0.2, 0.25) is 0 Å². The van der Waals surface area contributed by atoms with E-state index in [0.717, 1.165) is 70.6 Å². The fraction of sp³-hybridized carbons (Fsp3) is 1.00. The zero-order chi connectivity index (χ0) is 15.7. The molecule has 5 heteroatoms. The Kier molecular flexibility index (Phi) is 8.45. The highest BCUT2D eigenvalue weighted by atomic mass is 31.2. The predicted molar refractivity (Wildman–Crippen MR) is 89.0 cm³/mol. The Balaban J connectivity index is 1.87. The molecule has 0 N–H and O–H groups in total. The van der Waals surface area contributed by atoms with Gasteiger partial charge in [0.25, 0.3) is 0 Å². The standard InChI is InChI=1S/C17H33O4P/c1-2-3-10-15-19-22(18,20-16-11-6-4-7-12-16)21-17-13-8-5-9-14-17/h16-17H,2-15H2,1H3. The zero-order valence-electron chi connectivity index (χ0n) is 14.1. The average Bonchev–Trinajstić information content (AvgIpc) is 2.53. The summed E-state index contributed by atoms with van der Waals surface area (Å²) in [4.78, 5) is 0. The summed E-state index contributed by atoms with van der Waals surface area (Å²) >= 11 is 0. The van der Waals surface area contributed by atoms with Crippen LogP contribution in [-0.2, 0) is 18.1 Å². The topological polar surface area (TPSA) is 44.8 Å². The number of rotatable bonds is 9. The molecule has 2 fully saturated rings. The molecule has 130 valence electrons. The molecule has 4 nitrogen and oxygen atoms in total. The van der Waals surface area contributed by atoms with E-state index in [-0.39, 0.29) is 12.2 Å². The van der Waals surface area contributed by atoms with Gasteiger partial charge in [-0.3, -0.25) is 13.6 Å². The number of unbranched alkanes of at least 4 members (excludes halogenated alkanes) is 2. The molecule has 0 spiro atoms. The molecule has 0 aliphatic heterocycles. The summed E-state index contributed by atoms with van der Waals surface area (Å²) in [7, 11) is -3.40. The van der Waals surface area contributed by atoms with Gasteiger partial charge in [-0.2, -0.15) is 0 Å². The largest absolute Gasteiger partial charge is 0.475 e. The summed E-state index contributed by atoms with van der Waals surface area (Å²) in [5, 5.41) is 0. The van der Waals surface area contributed by atoms with Crippen LogP contribution in [-0.4, -0.2) is 18.8 Å². The SMILES string of the molecule is CCCCCOP(=O)(OC1CCCCC1)OC1CCCCC1. The van der Waals surface area contributed by atoms with Crippen molar-refractivity contribution in [3.8, 4) is 0 Å². The molecule has 0 amide bonds. The number of phosphoric acid groups is 1. The van der Waals surface area contributed by atoms with Gasteiger partial charge in [-0.15, -0.1) is 0 Å². The maximum Gasteiger partial charge on any atom is 0.475 e. The Morgan fingerprint density at radius 3 is 1.77 bits per heavy atom. The van der Waals surface area contributed by atoms with Gasteiger partial charge in [-0.25, -0.2) is 4.57 Å². The Morgan fingerprint density at radius 1 is 0.818 bits per heavy atom. The number of hydrogen-bond donors (Lipinski definition) is 0. The lowest BCUT2D eigenvalue weighted by Gasteiger charge is -2.30. The number of hydrogen-bond acceptors (Lipinski definition) is 4. The minimum absolute atomic E-state index is 0.0503. The van der Waals surface area contributed by atoms with Crippen molar-refractivity contribution in [2.75, 3.05) is 6.61 Å². The summed E-state index contributed by atoms with van der Waals surface area (Å²) in [6.07, 6.45) is 14.3. The molecule has 2 saturated carbocycles. The van der Waals surface area contributed by atoms with E-state index in [2.05, 4.69) is 6.92 Å². The first-order chi connectivity index (χ1) is 10.7. The first kappa shape index (κ1) is 18.4. The molecule has 0 saturated heterocycles. The van der Waals surface area contributed by atoms with Crippen LogP contribution >= 0.6 is 7.82 Å². The highest BCUT2D eigenvalue weighted by molar-refractivity contribution is 7.48. The van der Waals surface area contributed by atoms with Crippen molar-refractivity contribution in [2.45, 2.75) is 103 Å². The van der Waals surface area contributed by atoms with Gasteiger partial charge < -0.3 is 0 Å². The second-order valence-corrected chi connectivity index (χ2v) is 8.29. The van der Waals surface area contributed by atoms with Gasteiger partial charge in [0, 0.05) is 0 Å². The first-order valence-corrected chi connectivity index (χ1v) is 10.8. The predicted octanol–water partition coefficient (Wildman–Crippen LogP) is 6.00. The molecule has 0 atom stereocenters. The lowest BCUT2D eigenvalue weighted by Crippen LogP contribution is -2.21. The van der Waals surface area contributed by atoms with Crippen molar-refractivity contribution in [3.63, 3.8) is 0 Å². The Labute approximate surface area is 135 Å². The van der Waals surface area contributed by atoms with Crippen molar-refractivity contribution in [3.05, 3.63) is 0 Å². The van der Waals surface area contributed by atoms with E-state index in [0.29, 0.717) is 6.61 Å². The van der Waals surface area contributed by atoms with E-state index in [9.17, 15) is 4.57 Å². The highest BCUT2D eigenvalue weighted by Gasteiger charge is 2.34. The summed E-state index contributed by atoms with van der Waals surface area (Å²) in [6.45, 7) is 2.63. The second-order valence-electron chi connectivity index (χ2n) is 6.72. The summed E-state index contributed by atoms with van der Waals surface area (Å²) in [5.41, 5.74) is 0. The number of phosphoric ester groups is 1. The second kappa shape index (κ2) is 10.1. The zero-order valence-corrected chi connectivity index (χ0v) is 15.0. The van der Waals surface area contributed by atoms with Crippen molar-refractivity contribution in [1.82, 2.24) is 0 Å². The molecule has 0 bridgehead atoms. The minimum Gasteiger partial charge on any atom is -0.287 e. The van der Waals surface area contributed by atoms with Crippen molar-refractivity contribution in [2.24, 2.45) is 0 Å². The van der Waals surface area contributed by atoms with E-state index in [1.165, 1.54) is 12.8 Å². The Hall–Kier alpha value is 0.110. The molecule has 0 aromatic heterocycles. The fourth-order valence-corrected chi connectivity index (χ4v) is 5.00. The van der Waals surface area contributed by atoms with E-state index in [1.54, 1.807) is 0 Å². The molecule has 0 aromatic carbocycles. The quantitative estimate of drug-likeness (QED) is 0.384. The third-order valence-corrected chi connectivity index (χ3v) is 6.27. The Morgan fingerprint density at radius 2 is 1.32 bits per heavy atom. The van der Waals surface area contributed by atoms with Gasteiger partial charge in [-0.05, 0) is 32.1 Å². The molecular formula is C17H33O4P. The maximum absolute atomic E-state index is 13.0. The summed E-state index contributed by atoms with van der Waals surface area (Å²) in [5.74, 6) is 0. The molecule has 2 rings (SSSR count). The minimum atomic E-state index is -3.40. The van der Waals surface area contributed by atoms with Crippen molar-refractivity contribution in [1.29, 1.82) is 0 Å². The highest BCUT2D eigenvalue weighted by Crippen LogP contribution is 2.54. The van der Waals surface area contributed by atoms with Gasteiger partial charge in [0.1, 0.15) is 0 Å². The first-order valence-electron chi connectivity index (χ1n) is 9.33. The van der Waals surface area contributed by atoms with Crippen LogP contribution in [0.3, 0.4) is 0 Å². The molecule has 2 aliphatic rings. The van der Waals surface area contributed by atoms with E-state index in [4.69, 9.17) is 13.6 Å². The fourth-order valence-electron chi connectivity index (χ4n) is 3.32. The van der Waals surface area contributed by atoms with Gasteiger partial charge >= 0.3 is 7.82 Å². The lowest BCUT2D eigenvalue weighted by molar-refractivity contribution is 0.0298. The van der Waals surface area contributed by atoms with Gasteiger partial charge in [-0.1, -0.05) is 58.3 Å². The lowest BCUT2D eigenvalue weighted by atomic mass is 9.98. The maximum atomic E-state index is 13.0. The van der Waals surface area contributed by atoms with Crippen LogP contribution < -0.4 is 0 Å². The third-order valence-electron chi connectivity index (χ3n) is 4.66. The Bertz CT molecular complexity index is 312. The third kappa shape index (κ3) is 6.70. The van der Waals surface area contributed by atoms with Crippen LogP contribution in [0.4, 0.5) is 0 Å². The summed E-state index contributed by atoms with van der Waals surface area (Å²) < 4.78 is 30.4. The average molecular weight is 332 g/mol. The van der Waals surface area contributed by atoms with Crippen LogP contribution in [0.1, 0.15) is 90.4 Å². The molecule has 0 aromatic rings. The van der Waals surface area contributed by atoms with Gasteiger partial charge in [0.05, 0.1) is 18.8 Å². The van der Waals surface area contributed by atoms with Crippen LogP contribution in [0, 0.1) is 0 Å². The van der Waals surface area contributed by atoms with Gasteiger partial charge in [0.15, 0.2) is 0 Å². The van der Waals surface area contributed by atoms with E-state index < -0.39 is 7.82 Å². The van der Waals surface area contributed by atoms with Crippen LogP contribution in [0.5, 0.6) is 0 Å². The smallest absolute Gasteiger partial charge is 0.287 e. The molecular weight excluding hydrogens is 299 g/mol.